The molecule has 4 heterocycles. The van der Waals surface area contributed by atoms with E-state index in [1.54, 1.807) is 28.5 Å². The number of hydrogen-bond donors (Lipinski definition) is 1. The van der Waals surface area contributed by atoms with E-state index in [9.17, 15) is 4.79 Å². The monoisotopic (exact) mass is 395 g/mol. The van der Waals surface area contributed by atoms with Crippen LogP contribution in [0.4, 0.5) is 0 Å². The second-order valence-electron chi connectivity index (χ2n) is 5.98. The van der Waals surface area contributed by atoms with Crippen molar-refractivity contribution in [3.8, 4) is 16.5 Å². The Kier molecular flexibility index (Phi) is 5.48. The summed E-state index contributed by atoms with van der Waals surface area (Å²) in [7, 11) is 0. The van der Waals surface area contributed by atoms with E-state index in [-0.39, 0.29) is 5.91 Å². The molecular formula is C18H17N7O2S. The van der Waals surface area contributed by atoms with E-state index in [4.69, 9.17) is 4.52 Å². The third kappa shape index (κ3) is 4.46. The minimum absolute atomic E-state index is 0.0293. The Bertz CT molecular complexity index is 1010. The Balaban J connectivity index is 1.20. The number of pyridine rings is 1. The van der Waals surface area contributed by atoms with Crippen LogP contribution in [0, 0.1) is 0 Å². The second-order valence-corrected chi connectivity index (χ2v) is 6.93. The summed E-state index contributed by atoms with van der Waals surface area (Å²) in [6, 6.07) is 7.61. The fraction of sp³-hybridized carbons (Fsp3) is 0.222. The van der Waals surface area contributed by atoms with Crippen molar-refractivity contribution in [2.75, 3.05) is 0 Å². The first kappa shape index (κ1) is 18.0. The molecule has 28 heavy (non-hydrogen) atoms. The maximum Gasteiger partial charge on any atom is 0.226 e. The van der Waals surface area contributed by atoms with Crippen LogP contribution in [0.25, 0.3) is 16.5 Å². The highest BCUT2D eigenvalue weighted by Crippen LogP contribution is 2.21. The number of aryl methyl sites for hydroxylation is 1. The molecule has 0 unspecified atom stereocenters. The van der Waals surface area contributed by atoms with Crippen molar-refractivity contribution in [1.82, 2.24) is 35.2 Å². The number of aromatic nitrogens is 6. The summed E-state index contributed by atoms with van der Waals surface area (Å²) in [6.07, 6.45) is 6.34. The zero-order valence-corrected chi connectivity index (χ0v) is 15.7. The average Bonchev–Trinajstić information content (AvgIpc) is 3.49. The lowest BCUT2D eigenvalue weighted by Gasteiger charge is -2.05. The van der Waals surface area contributed by atoms with Gasteiger partial charge in [0.1, 0.15) is 12.7 Å². The van der Waals surface area contributed by atoms with Gasteiger partial charge in [-0.05, 0) is 29.5 Å². The number of thiophene rings is 1. The predicted molar refractivity (Wildman–Crippen MR) is 102 cm³/mol. The van der Waals surface area contributed by atoms with Crippen molar-refractivity contribution in [2.24, 2.45) is 0 Å². The van der Waals surface area contributed by atoms with E-state index in [1.165, 1.54) is 6.33 Å². The Morgan fingerprint density at radius 1 is 1.29 bits per heavy atom. The minimum Gasteiger partial charge on any atom is -0.352 e. The summed E-state index contributed by atoms with van der Waals surface area (Å²) in [6.45, 7) is 0.423. The highest BCUT2D eigenvalue weighted by atomic mass is 32.1. The molecule has 142 valence electrons. The van der Waals surface area contributed by atoms with Crippen LogP contribution in [-0.2, 0) is 17.8 Å². The number of hydrogen-bond acceptors (Lipinski definition) is 8. The lowest BCUT2D eigenvalue weighted by atomic mass is 10.2. The van der Waals surface area contributed by atoms with E-state index in [2.05, 4.69) is 30.5 Å². The molecule has 0 radical (unpaired) electrons. The Morgan fingerprint density at radius 3 is 3.00 bits per heavy atom. The minimum atomic E-state index is -0.0293. The largest absolute Gasteiger partial charge is 0.352 e. The first-order valence-electron chi connectivity index (χ1n) is 8.71. The maximum atomic E-state index is 12.0. The number of carbonyl (C=O) groups is 1. The van der Waals surface area contributed by atoms with Gasteiger partial charge in [0, 0.05) is 25.6 Å². The standard InChI is InChI=1S/C18H17N7O2S/c26-16(4-1-5-17-23-18(24-27-17)14-3-2-8-28-14)21-10-13-6-7-15(20-9-13)25-12-19-11-22-25/h2-3,6-9,11-12H,1,4-5,10H2,(H,21,26). The van der Waals surface area contributed by atoms with Gasteiger partial charge < -0.3 is 9.84 Å². The zero-order valence-electron chi connectivity index (χ0n) is 14.9. The number of nitrogens with one attached hydrogen (secondary N) is 1. The van der Waals surface area contributed by atoms with Gasteiger partial charge in [-0.2, -0.15) is 10.1 Å². The number of amides is 1. The van der Waals surface area contributed by atoms with Gasteiger partial charge in [-0.15, -0.1) is 11.3 Å². The smallest absolute Gasteiger partial charge is 0.226 e. The van der Waals surface area contributed by atoms with Gasteiger partial charge in [-0.25, -0.2) is 14.6 Å². The van der Waals surface area contributed by atoms with Crippen molar-refractivity contribution >= 4 is 17.2 Å². The Morgan fingerprint density at radius 2 is 2.25 bits per heavy atom. The van der Waals surface area contributed by atoms with Gasteiger partial charge in [0.25, 0.3) is 0 Å². The first-order valence-corrected chi connectivity index (χ1v) is 9.59. The zero-order chi connectivity index (χ0) is 19.2. The molecule has 0 bridgehead atoms. The molecule has 4 rings (SSSR count). The highest BCUT2D eigenvalue weighted by Gasteiger charge is 2.10. The van der Waals surface area contributed by atoms with Gasteiger partial charge >= 0.3 is 0 Å². The molecule has 9 nitrogen and oxygen atoms in total. The van der Waals surface area contributed by atoms with E-state index >= 15 is 0 Å². The Labute approximate surface area is 164 Å². The summed E-state index contributed by atoms with van der Waals surface area (Å²) in [5.74, 6) is 1.78. The van der Waals surface area contributed by atoms with E-state index in [0.717, 1.165) is 10.4 Å². The van der Waals surface area contributed by atoms with E-state index in [0.29, 0.717) is 43.3 Å². The van der Waals surface area contributed by atoms with Crippen LogP contribution in [0.3, 0.4) is 0 Å². The number of nitrogens with zero attached hydrogens (tertiary/aromatic N) is 6. The SMILES string of the molecule is O=C(CCCc1nc(-c2cccs2)no1)NCc1ccc(-n2cncn2)nc1. The molecule has 1 amide bonds. The van der Waals surface area contributed by atoms with Crippen LogP contribution in [-0.4, -0.2) is 35.8 Å². The van der Waals surface area contributed by atoms with Crippen LogP contribution in [0.5, 0.6) is 0 Å². The summed E-state index contributed by atoms with van der Waals surface area (Å²) in [5, 5.41) is 12.8. The summed E-state index contributed by atoms with van der Waals surface area (Å²) in [4.78, 5) is 25.5. The van der Waals surface area contributed by atoms with E-state index in [1.807, 2.05) is 29.6 Å². The van der Waals surface area contributed by atoms with E-state index < -0.39 is 0 Å². The third-order valence-corrected chi connectivity index (χ3v) is 4.82. The molecule has 1 N–H and O–H groups in total. The third-order valence-electron chi connectivity index (χ3n) is 3.96. The number of carbonyl (C=O) groups excluding carboxylic acids is 1. The lowest BCUT2D eigenvalue weighted by Crippen LogP contribution is -2.22. The van der Waals surface area contributed by atoms with Gasteiger partial charge in [0.2, 0.25) is 17.6 Å². The maximum absolute atomic E-state index is 12.0. The van der Waals surface area contributed by atoms with Crippen LogP contribution >= 0.6 is 11.3 Å². The predicted octanol–water partition coefficient (Wildman–Crippen LogP) is 2.41. The van der Waals surface area contributed by atoms with Crippen LogP contribution in [0.1, 0.15) is 24.3 Å². The van der Waals surface area contributed by atoms with Crippen LogP contribution in [0.15, 0.2) is 53.0 Å². The molecule has 0 aliphatic carbocycles. The highest BCUT2D eigenvalue weighted by molar-refractivity contribution is 7.13. The molecule has 4 aromatic rings. The Hall–Kier alpha value is -3.40. The summed E-state index contributed by atoms with van der Waals surface area (Å²) < 4.78 is 6.81. The van der Waals surface area contributed by atoms with Crippen LogP contribution in [0.2, 0.25) is 0 Å². The van der Waals surface area contributed by atoms with Crippen molar-refractivity contribution < 1.29 is 9.32 Å². The van der Waals surface area contributed by atoms with Crippen molar-refractivity contribution in [1.29, 1.82) is 0 Å². The van der Waals surface area contributed by atoms with Gasteiger partial charge in [0.15, 0.2) is 5.82 Å². The quantitative estimate of drug-likeness (QED) is 0.487. The second kappa shape index (κ2) is 8.53. The summed E-state index contributed by atoms with van der Waals surface area (Å²) >= 11 is 1.56. The molecule has 0 saturated carbocycles. The molecule has 10 heteroatoms. The average molecular weight is 395 g/mol. The molecular weight excluding hydrogens is 378 g/mol. The fourth-order valence-corrected chi connectivity index (χ4v) is 3.18. The molecule has 0 aromatic carbocycles. The fourth-order valence-electron chi connectivity index (χ4n) is 2.53. The molecule has 0 saturated heterocycles. The lowest BCUT2D eigenvalue weighted by molar-refractivity contribution is -0.121. The molecule has 0 aliphatic rings. The van der Waals surface area contributed by atoms with Crippen molar-refractivity contribution in [2.45, 2.75) is 25.8 Å². The summed E-state index contributed by atoms with van der Waals surface area (Å²) in [5.41, 5.74) is 0.912. The first-order chi connectivity index (χ1) is 13.8. The molecule has 0 fully saturated rings. The van der Waals surface area contributed by atoms with Crippen molar-refractivity contribution in [3.05, 3.63) is 60.0 Å². The van der Waals surface area contributed by atoms with Crippen molar-refractivity contribution in [3.63, 3.8) is 0 Å². The topological polar surface area (TPSA) is 112 Å². The molecule has 0 aliphatic heterocycles. The molecule has 4 aromatic heterocycles. The normalized spacial score (nSPS) is 10.9. The molecule has 0 spiro atoms. The number of rotatable bonds is 8. The van der Waals surface area contributed by atoms with Gasteiger partial charge in [-0.3, -0.25) is 4.79 Å². The van der Waals surface area contributed by atoms with Crippen LogP contribution < -0.4 is 5.32 Å². The van der Waals surface area contributed by atoms with Gasteiger partial charge in [0.05, 0.1) is 4.88 Å². The van der Waals surface area contributed by atoms with Gasteiger partial charge in [-0.1, -0.05) is 17.3 Å². The molecule has 0 atom stereocenters.